The highest BCUT2D eigenvalue weighted by atomic mass is 32.1. The lowest BCUT2D eigenvalue weighted by Gasteiger charge is -1.82. The molecule has 0 bridgehead atoms. The minimum Gasteiger partial charge on any atom is -0.477 e. The molecule has 2 aromatic heterocycles. The van der Waals surface area contributed by atoms with Crippen molar-refractivity contribution in [1.82, 2.24) is 9.59 Å². The van der Waals surface area contributed by atoms with Gasteiger partial charge in [-0.05, 0) is 29.2 Å². The van der Waals surface area contributed by atoms with Gasteiger partial charge in [-0.15, -0.1) is 5.10 Å². The van der Waals surface area contributed by atoms with Crippen molar-refractivity contribution in [2.75, 3.05) is 0 Å². The van der Waals surface area contributed by atoms with Gasteiger partial charge in [0.05, 0.1) is 5.69 Å². The molecule has 2 aromatic rings. The Morgan fingerprint density at radius 3 is 2.29 bits per heavy atom. The largest absolute Gasteiger partial charge is 0.477 e. The first-order valence-electron chi connectivity index (χ1n) is 3.71. The average Bonchev–Trinajstić information content (AvgIpc) is 2.74. The van der Waals surface area contributed by atoms with E-state index in [1.165, 1.54) is 0 Å². The SMILES string of the molecule is Cc1nnsc1C(=O)O.c1ccsc1. The monoisotopic (exact) mass is 228 g/mol. The maximum atomic E-state index is 10.2. The fraction of sp³-hybridized carbons (Fsp3) is 0.125. The third-order valence-corrected chi connectivity index (χ3v) is 2.72. The highest BCUT2D eigenvalue weighted by Crippen LogP contribution is 2.07. The van der Waals surface area contributed by atoms with Gasteiger partial charge in [-0.1, -0.05) is 16.6 Å². The van der Waals surface area contributed by atoms with Crippen LogP contribution in [0.3, 0.4) is 0 Å². The van der Waals surface area contributed by atoms with Crippen molar-refractivity contribution in [1.29, 1.82) is 0 Å². The lowest BCUT2D eigenvalue weighted by atomic mass is 10.4. The first-order valence-corrected chi connectivity index (χ1v) is 5.43. The van der Waals surface area contributed by atoms with Gasteiger partial charge in [-0.3, -0.25) is 0 Å². The molecule has 2 rings (SSSR count). The van der Waals surface area contributed by atoms with Crippen molar-refractivity contribution in [2.24, 2.45) is 0 Å². The Morgan fingerprint density at radius 1 is 1.43 bits per heavy atom. The van der Waals surface area contributed by atoms with Crippen LogP contribution >= 0.6 is 22.9 Å². The van der Waals surface area contributed by atoms with Gasteiger partial charge in [0.25, 0.3) is 0 Å². The van der Waals surface area contributed by atoms with Gasteiger partial charge >= 0.3 is 5.97 Å². The number of hydrogen-bond acceptors (Lipinski definition) is 5. The number of thiophene rings is 1. The number of nitrogens with zero attached hydrogens (tertiary/aromatic N) is 2. The summed E-state index contributed by atoms with van der Waals surface area (Å²) >= 11 is 2.61. The molecule has 1 N–H and O–H groups in total. The van der Waals surface area contributed by atoms with E-state index in [-0.39, 0.29) is 4.88 Å². The first-order chi connectivity index (χ1) is 6.72. The van der Waals surface area contributed by atoms with Gasteiger partial charge in [0.15, 0.2) is 4.88 Å². The summed E-state index contributed by atoms with van der Waals surface area (Å²) in [6.45, 7) is 1.62. The maximum absolute atomic E-state index is 10.2. The highest BCUT2D eigenvalue weighted by Gasteiger charge is 2.09. The molecule has 0 fully saturated rings. The Balaban J connectivity index is 0.000000165. The summed E-state index contributed by atoms with van der Waals surface area (Å²) in [6, 6.07) is 4.04. The van der Waals surface area contributed by atoms with E-state index in [1.807, 2.05) is 22.9 Å². The standard InChI is InChI=1S/C4H4N2O2S.C4H4S/c1-2-3(4(7)8)9-6-5-2;1-2-4-5-3-1/h1H3,(H,7,8);1-4H. The Labute approximate surface area is 89.0 Å². The third kappa shape index (κ3) is 3.23. The van der Waals surface area contributed by atoms with Crippen molar-refractivity contribution in [3.8, 4) is 0 Å². The Hall–Kier alpha value is -1.27. The number of aromatic nitrogens is 2. The van der Waals surface area contributed by atoms with Crippen LogP contribution in [0.1, 0.15) is 15.4 Å². The van der Waals surface area contributed by atoms with Crippen molar-refractivity contribution in [3.05, 3.63) is 33.5 Å². The molecular weight excluding hydrogens is 220 g/mol. The number of aryl methyl sites for hydroxylation is 1. The lowest BCUT2D eigenvalue weighted by Crippen LogP contribution is -1.94. The second-order valence-corrected chi connectivity index (χ2v) is 3.86. The van der Waals surface area contributed by atoms with Gasteiger partial charge in [0.1, 0.15) is 0 Å². The summed E-state index contributed by atoms with van der Waals surface area (Å²) in [4.78, 5) is 10.4. The van der Waals surface area contributed by atoms with E-state index in [9.17, 15) is 4.79 Å². The molecule has 0 saturated heterocycles. The van der Waals surface area contributed by atoms with Crippen molar-refractivity contribution < 1.29 is 9.90 Å². The predicted molar refractivity (Wildman–Crippen MR) is 55.9 cm³/mol. The Morgan fingerprint density at radius 2 is 2.07 bits per heavy atom. The second-order valence-electron chi connectivity index (χ2n) is 2.29. The fourth-order valence-corrected chi connectivity index (χ4v) is 1.60. The average molecular weight is 228 g/mol. The van der Waals surface area contributed by atoms with Crippen molar-refractivity contribution in [2.45, 2.75) is 6.92 Å². The molecule has 0 radical (unpaired) electrons. The van der Waals surface area contributed by atoms with Crippen LogP contribution in [0.4, 0.5) is 0 Å². The third-order valence-electron chi connectivity index (χ3n) is 1.27. The molecule has 0 aliphatic heterocycles. The van der Waals surface area contributed by atoms with Crippen LogP contribution in [0.15, 0.2) is 22.9 Å². The molecule has 14 heavy (non-hydrogen) atoms. The molecule has 0 spiro atoms. The summed E-state index contributed by atoms with van der Waals surface area (Å²) in [6.07, 6.45) is 0. The van der Waals surface area contributed by atoms with Gasteiger partial charge < -0.3 is 5.11 Å². The molecule has 0 unspecified atom stereocenters. The fourth-order valence-electron chi connectivity index (χ4n) is 0.655. The Kier molecular flexibility index (Phi) is 4.21. The number of carboxylic acids is 1. The summed E-state index contributed by atoms with van der Waals surface area (Å²) in [5.74, 6) is -0.956. The number of aromatic carboxylic acids is 1. The number of carboxylic acid groups (broad SMARTS) is 1. The van der Waals surface area contributed by atoms with Crippen LogP contribution in [0, 0.1) is 6.92 Å². The van der Waals surface area contributed by atoms with Crippen molar-refractivity contribution in [3.63, 3.8) is 0 Å². The molecule has 0 aromatic carbocycles. The maximum Gasteiger partial charge on any atom is 0.349 e. The summed E-state index contributed by atoms with van der Waals surface area (Å²) in [7, 11) is 0. The smallest absolute Gasteiger partial charge is 0.349 e. The van der Waals surface area contributed by atoms with E-state index < -0.39 is 5.97 Å². The molecular formula is C8H8N2O2S2. The first kappa shape index (κ1) is 10.8. The quantitative estimate of drug-likeness (QED) is 0.813. The normalized spacial score (nSPS) is 8.93. The van der Waals surface area contributed by atoms with E-state index in [2.05, 4.69) is 9.59 Å². The van der Waals surface area contributed by atoms with E-state index in [1.54, 1.807) is 18.3 Å². The van der Waals surface area contributed by atoms with Crippen molar-refractivity contribution >= 4 is 28.8 Å². The zero-order valence-corrected chi connectivity index (χ0v) is 9.01. The molecule has 0 aliphatic carbocycles. The van der Waals surface area contributed by atoms with Gasteiger partial charge in [0, 0.05) is 0 Å². The number of carbonyl (C=O) groups is 1. The van der Waals surface area contributed by atoms with Crippen LogP contribution in [0.2, 0.25) is 0 Å². The molecule has 0 aliphatic rings. The zero-order valence-electron chi connectivity index (χ0n) is 7.38. The van der Waals surface area contributed by atoms with E-state index in [4.69, 9.17) is 5.11 Å². The van der Waals surface area contributed by atoms with Crippen LogP contribution < -0.4 is 0 Å². The summed E-state index contributed by atoms with van der Waals surface area (Å²) in [5, 5.41) is 16.0. The summed E-state index contributed by atoms with van der Waals surface area (Å²) in [5.41, 5.74) is 0.479. The predicted octanol–water partition coefficient (Wildman–Crippen LogP) is 2.29. The molecule has 0 amide bonds. The van der Waals surface area contributed by atoms with Crippen LogP contribution in [-0.2, 0) is 0 Å². The van der Waals surface area contributed by atoms with Crippen LogP contribution in [0.25, 0.3) is 0 Å². The second kappa shape index (κ2) is 5.46. The van der Waals surface area contributed by atoms with Gasteiger partial charge in [-0.25, -0.2) is 4.79 Å². The highest BCUT2D eigenvalue weighted by molar-refractivity contribution is 7.08. The zero-order chi connectivity index (χ0) is 10.4. The minimum absolute atomic E-state index is 0.218. The van der Waals surface area contributed by atoms with Gasteiger partial charge in [0.2, 0.25) is 0 Å². The molecule has 0 saturated carbocycles. The summed E-state index contributed by atoms with van der Waals surface area (Å²) < 4.78 is 3.45. The Bertz CT molecular complexity index is 366. The van der Waals surface area contributed by atoms with Gasteiger partial charge in [-0.2, -0.15) is 11.3 Å². The van der Waals surface area contributed by atoms with Crippen LogP contribution in [0.5, 0.6) is 0 Å². The number of rotatable bonds is 1. The molecule has 2 heterocycles. The molecule has 4 nitrogen and oxygen atoms in total. The molecule has 6 heteroatoms. The van der Waals surface area contributed by atoms with Crippen LogP contribution in [-0.4, -0.2) is 20.7 Å². The topological polar surface area (TPSA) is 63.1 Å². The lowest BCUT2D eigenvalue weighted by molar-refractivity contribution is 0.0701. The number of hydrogen-bond donors (Lipinski definition) is 1. The van der Waals surface area contributed by atoms with E-state index in [0.29, 0.717) is 5.69 Å². The van der Waals surface area contributed by atoms with E-state index >= 15 is 0 Å². The molecule has 74 valence electrons. The minimum atomic E-state index is -0.956. The van der Waals surface area contributed by atoms with E-state index in [0.717, 1.165) is 11.5 Å². The molecule has 0 atom stereocenters.